The van der Waals surface area contributed by atoms with Crippen LogP contribution >= 0.6 is 0 Å². The molecule has 2 heterocycles. The summed E-state index contributed by atoms with van der Waals surface area (Å²) in [6.07, 6.45) is 4.17. The summed E-state index contributed by atoms with van der Waals surface area (Å²) in [5, 5.41) is 7.88. The lowest BCUT2D eigenvalue weighted by atomic mass is 10.4. The standard InChI is InChI=1S/C7H8N4.C3H8O/c1-5-6-7(9-3-8-5)11(2)4-10-6;1-2-3-4/h3-4H,1-2H3;4H,2-3H2,1H3. The van der Waals surface area contributed by atoms with E-state index in [0.717, 1.165) is 23.3 Å². The number of aliphatic hydroxyl groups is 1. The van der Waals surface area contributed by atoms with Gasteiger partial charge in [0.2, 0.25) is 0 Å². The first-order valence-electron chi connectivity index (χ1n) is 4.90. The highest BCUT2D eigenvalue weighted by Gasteiger charge is 2.02. The van der Waals surface area contributed by atoms with Crippen LogP contribution in [0.25, 0.3) is 11.2 Å². The van der Waals surface area contributed by atoms with Gasteiger partial charge in [0.15, 0.2) is 5.65 Å². The molecule has 0 radical (unpaired) electrons. The maximum Gasteiger partial charge on any atom is 0.163 e. The maximum absolute atomic E-state index is 7.88. The van der Waals surface area contributed by atoms with Gasteiger partial charge in [0.25, 0.3) is 0 Å². The quantitative estimate of drug-likeness (QED) is 0.761. The van der Waals surface area contributed by atoms with E-state index in [1.807, 2.05) is 25.5 Å². The predicted molar refractivity (Wildman–Crippen MR) is 58.4 cm³/mol. The van der Waals surface area contributed by atoms with Crippen LogP contribution in [0.15, 0.2) is 12.7 Å². The molecule has 1 N–H and O–H groups in total. The smallest absolute Gasteiger partial charge is 0.163 e. The summed E-state index contributed by atoms with van der Waals surface area (Å²) in [6, 6.07) is 0. The topological polar surface area (TPSA) is 63.8 Å². The zero-order chi connectivity index (χ0) is 11.3. The molecule has 15 heavy (non-hydrogen) atoms. The lowest BCUT2D eigenvalue weighted by molar-refractivity contribution is 0.295. The Balaban J connectivity index is 0.000000245. The third-order valence-corrected chi connectivity index (χ3v) is 1.90. The minimum atomic E-state index is 0.319. The van der Waals surface area contributed by atoms with Crippen molar-refractivity contribution in [3.8, 4) is 0 Å². The van der Waals surface area contributed by atoms with Crippen molar-refractivity contribution >= 4 is 11.2 Å². The number of aryl methyl sites for hydroxylation is 2. The highest BCUT2D eigenvalue weighted by Crippen LogP contribution is 2.09. The molecule has 0 saturated heterocycles. The van der Waals surface area contributed by atoms with Gasteiger partial charge in [-0.05, 0) is 13.3 Å². The van der Waals surface area contributed by atoms with Crippen molar-refractivity contribution in [3.05, 3.63) is 18.3 Å². The van der Waals surface area contributed by atoms with Crippen LogP contribution in [-0.4, -0.2) is 31.2 Å². The molecule has 5 heteroatoms. The van der Waals surface area contributed by atoms with E-state index in [-0.39, 0.29) is 0 Å². The number of hydrogen-bond donors (Lipinski definition) is 1. The van der Waals surface area contributed by atoms with Crippen LogP contribution in [0.4, 0.5) is 0 Å². The molecule has 2 aromatic heterocycles. The van der Waals surface area contributed by atoms with E-state index in [4.69, 9.17) is 5.11 Å². The van der Waals surface area contributed by atoms with Gasteiger partial charge in [0.05, 0.1) is 12.0 Å². The summed E-state index contributed by atoms with van der Waals surface area (Å²) in [6.45, 7) is 4.18. The molecule has 82 valence electrons. The van der Waals surface area contributed by atoms with Gasteiger partial charge in [-0.25, -0.2) is 15.0 Å². The molecule has 0 unspecified atom stereocenters. The molecule has 0 spiro atoms. The summed E-state index contributed by atoms with van der Waals surface area (Å²) in [5.41, 5.74) is 2.70. The van der Waals surface area contributed by atoms with Crippen LogP contribution in [0.5, 0.6) is 0 Å². The Morgan fingerprint density at radius 2 is 2.00 bits per heavy atom. The van der Waals surface area contributed by atoms with Gasteiger partial charge in [-0.2, -0.15) is 0 Å². The van der Waals surface area contributed by atoms with Crippen LogP contribution in [-0.2, 0) is 7.05 Å². The second-order valence-corrected chi connectivity index (χ2v) is 3.21. The summed E-state index contributed by atoms with van der Waals surface area (Å²) < 4.78 is 1.88. The molecule has 0 saturated carbocycles. The summed E-state index contributed by atoms with van der Waals surface area (Å²) >= 11 is 0. The molecular weight excluding hydrogens is 192 g/mol. The number of fused-ring (bicyclic) bond motifs is 1. The third kappa shape index (κ3) is 2.73. The number of aromatic nitrogens is 4. The Morgan fingerprint density at radius 3 is 2.53 bits per heavy atom. The summed E-state index contributed by atoms with van der Waals surface area (Å²) in [4.78, 5) is 12.3. The van der Waals surface area contributed by atoms with Gasteiger partial charge in [-0.3, -0.25) is 0 Å². The Hall–Kier alpha value is -1.49. The fourth-order valence-electron chi connectivity index (χ4n) is 1.06. The lowest BCUT2D eigenvalue weighted by Crippen LogP contribution is -1.90. The predicted octanol–water partition coefficient (Wildman–Crippen LogP) is 1.06. The Kier molecular flexibility index (Phi) is 4.17. The molecule has 0 aliphatic rings. The minimum Gasteiger partial charge on any atom is -0.396 e. The van der Waals surface area contributed by atoms with Crippen molar-refractivity contribution in [1.29, 1.82) is 0 Å². The highest BCUT2D eigenvalue weighted by atomic mass is 16.2. The van der Waals surface area contributed by atoms with E-state index in [1.165, 1.54) is 0 Å². The number of aliphatic hydroxyl groups excluding tert-OH is 1. The first-order valence-corrected chi connectivity index (χ1v) is 4.90. The Bertz CT molecular complexity index is 422. The highest BCUT2D eigenvalue weighted by molar-refractivity contribution is 5.72. The average molecular weight is 208 g/mol. The van der Waals surface area contributed by atoms with Crippen molar-refractivity contribution in [2.45, 2.75) is 20.3 Å². The van der Waals surface area contributed by atoms with Crippen molar-refractivity contribution in [3.63, 3.8) is 0 Å². The molecule has 0 aliphatic carbocycles. The van der Waals surface area contributed by atoms with Crippen molar-refractivity contribution in [2.75, 3.05) is 6.61 Å². The zero-order valence-electron chi connectivity index (χ0n) is 9.30. The number of hydrogen-bond acceptors (Lipinski definition) is 4. The van der Waals surface area contributed by atoms with Crippen LogP contribution in [0, 0.1) is 6.92 Å². The van der Waals surface area contributed by atoms with Crippen LogP contribution in [0.2, 0.25) is 0 Å². The van der Waals surface area contributed by atoms with E-state index in [9.17, 15) is 0 Å². The molecule has 0 fully saturated rings. The van der Waals surface area contributed by atoms with Crippen molar-refractivity contribution < 1.29 is 5.11 Å². The minimum absolute atomic E-state index is 0.319. The first-order chi connectivity index (χ1) is 7.20. The second-order valence-electron chi connectivity index (χ2n) is 3.21. The molecule has 0 bridgehead atoms. The van der Waals surface area contributed by atoms with Gasteiger partial charge in [-0.1, -0.05) is 6.92 Å². The molecular formula is C10H16N4O. The second kappa shape index (κ2) is 5.41. The fraction of sp³-hybridized carbons (Fsp3) is 0.500. The summed E-state index contributed by atoms with van der Waals surface area (Å²) in [7, 11) is 1.92. The SMILES string of the molecule is CCCO.Cc1ncnc2c1ncn2C. The largest absolute Gasteiger partial charge is 0.396 e. The Morgan fingerprint density at radius 1 is 1.33 bits per heavy atom. The van der Waals surface area contributed by atoms with E-state index in [1.54, 1.807) is 12.7 Å². The van der Waals surface area contributed by atoms with Gasteiger partial charge in [0.1, 0.15) is 11.8 Å². The van der Waals surface area contributed by atoms with E-state index < -0.39 is 0 Å². The molecule has 0 amide bonds. The van der Waals surface area contributed by atoms with Gasteiger partial charge >= 0.3 is 0 Å². The van der Waals surface area contributed by atoms with Gasteiger partial charge < -0.3 is 9.67 Å². The van der Waals surface area contributed by atoms with Crippen molar-refractivity contribution in [1.82, 2.24) is 19.5 Å². The van der Waals surface area contributed by atoms with Crippen LogP contribution in [0.3, 0.4) is 0 Å². The maximum atomic E-state index is 7.88. The molecule has 0 atom stereocenters. The normalized spacial score (nSPS) is 9.87. The zero-order valence-corrected chi connectivity index (χ0v) is 9.30. The molecule has 5 nitrogen and oxygen atoms in total. The molecule has 2 rings (SSSR count). The van der Waals surface area contributed by atoms with Gasteiger partial charge in [-0.15, -0.1) is 0 Å². The first kappa shape index (κ1) is 11.6. The van der Waals surface area contributed by atoms with Crippen LogP contribution in [0.1, 0.15) is 19.0 Å². The third-order valence-electron chi connectivity index (χ3n) is 1.90. The summed E-state index contributed by atoms with van der Waals surface area (Å²) in [5.74, 6) is 0. The number of rotatable bonds is 1. The number of nitrogens with zero attached hydrogens (tertiary/aromatic N) is 4. The van der Waals surface area contributed by atoms with E-state index in [2.05, 4.69) is 15.0 Å². The van der Waals surface area contributed by atoms with Crippen LogP contribution < -0.4 is 0 Å². The van der Waals surface area contributed by atoms with Gasteiger partial charge in [0, 0.05) is 13.7 Å². The van der Waals surface area contributed by atoms with E-state index >= 15 is 0 Å². The molecule has 0 aliphatic heterocycles. The lowest BCUT2D eigenvalue weighted by Gasteiger charge is -1.92. The monoisotopic (exact) mass is 208 g/mol. The average Bonchev–Trinajstić information content (AvgIpc) is 2.63. The van der Waals surface area contributed by atoms with Crippen molar-refractivity contribution in [2.24, 2.45) is 7.05 Å². The Labute approximate surface area is 88.8 Å². The fourth-order valence-corrected chi connectivity index (χ4v) is 1.06. The molecule has 2 aromatic rings. The number of imidazole rings is 1. The van der Waals surface area contributed by atoms with E-state index in [0.29, 0.717) is 6.61 Å². The molecule has 0 aromatic carbocycles.